The molecule has 1 aliphatic heterocycles. The lowest BCUT2D eigenvalue weighted by Crippen LogP contribution is -2.50. The Labute approximate surface area is 132 Å². The summed E-state index contributed by atoms with van der Waals surface area (Å²) < 4.78 is 5.71. The summed E-state index contributed by atoms with van der Waals surface area (Å²) in [4.78, 5) is 24.2. The van der Waals surface area contributed by atoms with Crippen LogP contribution >= 0.6 is 15.9 Å². The third kappa shape index (κ3) is 3.83. The van der Waals surface area contributed by atoms with E-state index in [9.17, 15) is 9.59 Å². The molecule has 2 rings (SSSR count). The standard InChI is InChI=1S/C15H19BrN2O3/c1-9(11-7-17-8-11)14(19)18-13(15(20)21-2)10-3-5-12(16)6-4-10/h3-6,9,11,13,17H,7-8H2,1-2H3,(H,18,19). The van der Waals surface area contributed by atoms with Gasteiger partial charge in [-0.2, -0.15) is 0 Å². The van der Waals surface area contributed by atoms with Gasteiger partial charge in [-0.3, -0.25) is 4.79 Å². The predicted octanol–water partition coefficient (Wildman–Crippen LogP) is 1.63. The molecule has 2 atom stereocenters. The van der Waals surface area contributed by atoms with Crippen molar-refractivity contribution in [2.24, 2.45) is 11.8 Å². The first-order chi connectivity index (χ1) is 10.0. The predicted molar refractivity (Wildman–Crippen MR) is 82.6 cm³/mol. The van der Waals surface area contributed by atoms with Crippen LogP contribution in [0.5, 0.6) is 0 Å². The van der Waals surface area contributed by atoms with Crippen molar-refractivity contribution in [3.05, 3.63) is 34.3 Å². The number of carbonyl (C=O) groups is 2. The number of esters is 1. The van der Waals surface area contributed by atoms with E-state index in [1.54, 1.807) is 12.1 Å². The van der Waals surface area contributed by atoms with Gasteiger partial charge in [0.1, 0.15) is 0 Å². The largest absolute Gasteiger partial charge is 0.467 e. The van der Waals surface area contributed by atoms with Crippen LogP contribution in [-0.2, 0) is 14.3 Å². The zero-order valence-corrected chi connectivity index (χ0v) is 13.6. The molecule has 2 N–H and O–H groups in total. The molecule has 1 saturated heterocycles. The molecule has 1 heterocycles. The SMILES string of the molecule is COC(=O)C(NC(=O)C(C)C1CNC1)c1ccc(Br)cc1. The second-order valence-electron chi connectivity index (χ2n) is 5.22. The zero-order chi connectivity index (χ0) is 15.4. The third-order valence-corrected chi connectivity index (χ3v) is 4.39. The maximum Gasteiger partial charge on any atom is 0.333 e. The minimum atomic E-state index is -0.772. The molecule has 1 aromatic carbocycles. The maximum absolute atomic E-state index is 12.3. The van der Waals surface area contributed by atoms with Crippen LogP contribution in [-0.4, -0.2) is 32.1 Å². The summed E-state index contributed by atoms with van der Waals surface area (Å²) in [5, 5.41) is 5.94. The first kappa shape index (κ1) is 16.0. The van der Waals surface area contributed by atoms with Crippen molar-refractivity contribution in [1.82, 2.24) is 10.6 Å². The van der Waals surface area contributed by atoms with Crippen LogP contribution in [0.15, 0.2) is 28.7 Å². The molecule has 1 aromatic rings. The van der Waals surface area contributed by atoms with E-state index in [-0.39, 0.29) is 11.8 Å². The van der Waals surface area contributed by atoms with Crippen LogP contribution in [0.1, 0.15) is 18.5 Å². The zero-order valence-electron chi connectivity index (χ0n) is 12.1. The first-order valence-corrected chi connectivity index (χ1v) is 7.66. The molecule has 21 heavy (non-hydrogen) atoms. The molecule has 1 amide bonds. The lowest BCUT2D eigenvalue weighted by Gasteiger charge is -2.32. The third-order valence-electron chi connectivity index (χ3n) is 3.86. The molecule has 0 spiro atoms. The molecular weight excluding hydrogens is 336 g/mol. The van der Waals surface area contributed by atoms with Crippen LogP contribution in [0.3, 0.4) is 0 Å². The van der Waals surface area contributed by atoms with Crippen LogP contribution < -0.4 is 10.6 Å². The number of nitrogens with one attached hydrogen (secondary N) is 2. The van der Waals surface area contributed by atoms with E-state index in [1.165, 1.54) is 7.11 Å². The van der Waals surface area contributed by atoms with Crippen molar-refractivity contribution in [2.45, 2.75) is 13.0 Å². The van der Waals surface area contributed by atoms with Gasteiger partial charge in [-0.25, -0.2) is 4.79 Å². The molecule has 0 aliphatic carbocycles. The average molecular weight is 355 g/mol. The van der Waals surface area contributed by atoms with Crippen molar-refractivity contribution in [3.8, 4) is 0 Å². The highest BCUT2D eigenvalue weighted by Gasteiger charge is 2.32. The topological polar surface area (TPSA) is 67.4 Å². The highest BCUT2D eigenvalue weighted by atomic mass is 79.9. The molecule has 0 bridgehead atoms. The van der Waals surface area contributed by atoms with Crippen LogP contribution in [0.25, 0.3) is 0 Å². The second kappa shape index (κ2) is 7.04. The molecule has 0 aromatic heterocycles. The van der Waals surface area contributed by atoms with Gasteiger partial charge in [-0.1, -0.05) is 35.0 Å². The van der Waals surface area contributed by atoms with Crippen molar-refractivity contribution < 1.29 is 14.3 Å². The Bertz CT molecular complexity index is 514. The minimum Gasteiger partial charge on any atom is -0.467 e. The first-order valence-electron chi connectivity index (χ1n) is 6.87. The van der Waals surface area contributed by atoms with E-state index in [0.717, 1.165) is 17.6 Å². The molecule has 6 heteroatoms. The lowest BCUT2D eigenvalue weighted by atomic mass is 9.88. The number of methoxy groups -OCH3 is 1. The smallest absolute Gasteiger partial charge is 0.333 e. The molecule has 1 fully saturated rings. The quantitative estimate of drug-likeness (QED) is 0.788. The Morgan fingerprint density at radius 2 is 1.95 bits per heavy atom. The van der Waals surface area contributed by atoms with E-state index in [2.05, 4.69) is 26.6 Å². The summed E-state index contributed by atoms with van der Waals surface area (Å²) in [6, 6.07) is 6.47. The van der Waals surface area contributed by atoms with Gasteiger partial charge in [-0.15, -0.1) is 0 Å². The Kier molecular flexibility index (Phi) is 5.36. The molecule has 114 valence electrons. The maximum atomic E-state index is 12.3. The fourth-order valence-electron chi connectivity index (χ4n) is 2.20. The fraction of sp³-hybridized carbons (Fsp3) is 0.467. The van der Waals surface area contributed by atoms with Gasteiger partial charge in [0.25, 0.3) is 0 Å². The summed E-state index contributed by atoms with van der Waals surface area (Å²) in [6.07, 6.45) is 0. The van der Waals surface area contributed by atoms with Gasteiger partial charge in [-0.05, 0) is 36.7 Å². The Morgan fingerprint density at radius 3 is 2.43 bits per heavy atom. The number of carbonyl (C=O) groups excluding carboxylic acids is 2. The van der Waals surface area contributed by atoms with Gasteiger partial charge >= 0.3 is 5.97 Å². The number of hydrogen-bond donors (Lipinski definition) is 2. The number of benzene rings is 1. The summed E-state index contributed by atoms with van der Waals surface area (Å²) >= 11 is 3.35. The number of halogens is 1. The molecular formula is C15H19BrN2O3. The van der Waals surface area contributed by atoms with E-state index in [4.69, 9.17) is 4.74 Å². The lowest BCUT2D eigenvalue weighted by molar-refractivity contribution is -0.146. The molecule has 1 aliphatic rings. The highest BCUT2D eigenvalue weighted by Crippen LogP contribution is 2.21. The second-order valence-corrected chi connectivity index (χ2v) is 6.14. The Balaban J connectivity index is 2.10. The molecule has 0 radical (unpaired) electrons. The van der Waals surface area contributed by atoms with E-state index >= 15 is 0 Å². The fourth-order valence-corrected chi connectivity index (χ4v) is 2.47. The monoisotopic (exact) mass is 354 g/mol. The van der Waals surface area contributed by atoms with Gasteiger partial charge < -0.3 is 15.4 Å². The summed E-state index contributed by atoms with van der Waals surface area (Å²) in [7, 11) is 1.32. The van der Waals surface area contributed by atoms with Crippen LogP contribution in [0, 0.1) is 11.8 Å². The Hall–Kier alpha value is -1.40. The van der Waals surface area contributed by atoms with Gasteiger partial charge in [0, 0.05) is 10.4 Å². The number of amides is 1. The van der Waals surface area contributed by atoms with Crippen molar-refractivity contribution >= 4 is 27.8 Å². The number of hydrogen-bond acceptors (Lipinski definition) is 4. The molecule has 0 saturated carbocycles. The van der Waals surface area contributed by atoms with Crippen molar-refractivity contribution in [2.75, 3.05) is 20.2 Å². The molecule has 5 nitrogen and oxygen atoms in total. The minimum absolute atomic E-state index is 0.125. The normalized spacial score (nSPS) is 17.5. The van der Waals surface area contributed by atoms with E-state index < -0.39 is 12.0 Å². The average Bonchev–Trinajstić information content (AvgIpc) is 2.43. The van der Waals surface area contributed by atoms with Crippen molar-refractivity contribution in [1.29, 1.82) is 0 Å². The summed E-state index contributed by atoms with van der Waals surface area (Å²) in [6.45, 7) is 3.57. The van der Waals surface area contributed by atoms with Gasteiger partial charge in [0.15, 0.2) is 6.04 Å². The van der Waals surface area contributed by atoms with Crippen molar-refractivity contribution in [3.63, 3.8) is 0 Å². The van der Waals surface area contributed by atoms with E-state index in [0.29, 0.717) is 11.5 Å². The van der Waals surface area contributed by atoms with Gasteiger partial charge in [0.05, 0.1) is 7.11 Å². The van der Waals surface area contributed by atoms with E-state index in [1.807, 2.05) is 19.1 Å². The molecule has 2 unspecified atom stereocenters. The van der Waals surface area contributed by atoms with Crippen LogP contribution in [0.2, 0.25) is 0 Å². The summed E-state index contributed by atoms with van der Waals surface area (Å²) in [5.74, 6) is -0.397. The number of rotatable bonds is 5. The van der Waals surface area contributed by atoms with Gasteiger partial charge in [0.2, 0.25) is 5.91 Å². The van der Waals surface area contributed by atoms with Crippen LogP contribution in [0.4, 0.5) is 0 Å². The summed E-state index contributed by atoms with van der Waals surface area (Å²) in [5.41, 5.74) is 0.706. The number of ether oxygens (including phenoxy) is 1. The highest BCUT2D eigenvalue weighted by molar-refractivity contribution is 9.10. The Morgan fingerprint density at radius 1 is 1.33 bits per heavy atom.